The van der Waals surface area contributed by atoms with Crippen molar-refractivity contribution in [1.82, 2.24) is 20.0 Å². The second kappa shape index (κ2) is 6.70. The maximum atomic E-state index is 12.5. The number of H-pyrrole nitrogens is 1. The molecule has 2 N–H and O–H groups in total. The van der Waals surface area contributed by atoms with Gasteiger partial charge >= 0.3 is 0 Å². The zero-order valence-corrected chi connectivity index (χ0v) is 15.4. The first-order valence-corrected chi connectivity index (χ1v) is 8.65. The zero-order valence-electron chi connectivity index (χ0n) is 15.4. The van der Waals surface area contributed by atoms with Gasteiger partial charge in [-0.15, -0.1) is 0 Å². The molecule has 1 atom stereocenters. The molecule has 0 saturated carbocycles. The van der Waals surface area contributed by atoms with Gasteiger partial charge in [0, 0.05) is 29.2 Å². The molecule has 132 valence electrons. The van der Waals surface area contributed by atoms with Crippen molar-refractivity contribution in [3.8, 4) is 0 Å². The number of benzene rings is 1. The van der Waals surface area contributed by atoms with Gasteiger partial charge < -0.3 is 5.32 Å². The highest BCUT2D eigenvalue weighted by molar-refractivity contribution is 5.94. The molecule has 0 spiro atoms. The summed E-state index contributed by atoms with van der Waals surface area (Å²) in [5, 5.41) is 15.7. The number of hydrogen-bond donors (Lipinski definition) is 2. The molecule has 0 unspecified atom stereocenters. The van der Waals surface area contributed by atoms with E-state index in [4.69, 9.17) is 0 Å². The monoisotopic (exact) mass is 339 g/mol. The van der Waals surface area contributed by atoms with Crippen molar-refractivity contribution < 1.29 is 4.79 Å². The standard InChI is InChI=1S/C19H25N5O/c1-11(2)24-17-9-16(7-6-15(17)10-20-24)21-18(25)8-12(3)19-13(4)22-23-14(19)5/h6-7,9-12H,8H2,1-5H3,(H,21,25)(H,22,23)/t12-/m1/s1. The van der Waals surface area contributed by atoms with E-state index in [1.807, 2.05) is 42.9 Å². The summed E-state index contributed by atoms with van der Waals surface area (Å²) < 4.78 is 1.96. The molecular weight excluding hydrogens is 314 g/mol. The minimum absolute atomic E-state index is 0.00228. The molecule has 3 rings (SSSR count). The molecule has 6 nitrogen and oxygen atoms in total. The molecule has 0 aliphatic carbocycles. The van der Waals surface area contributed by atoms with Gasteiger partial charge in [0.1, 0.15) is 0 Å². The molecular formula is C19H25N5O. The summed E-state index contributed by atoms with van der Waals surface area (Å²) in [6, 6.07) is 6.17. The second-order valence-corrected chi connectivity index (χ2v) is 6.96. The topological polar surface area (TPSA) is 75.6 Å². The number of nitrogens with zero attached hydrogens (tertiary/aromatic N) is 3. The van der Waals surface area contributed by atoms with Crippen molar-refractivity contribution in [2.75, 3.05) is 5.32 Å². The maximum absolute atomic E-state index is 12.5. The van der Waals surface area contributed by atoms with Crippen molar-refractivity contribution in [1.29, 1.82) is 0 Å². The van der Waals surface area contributed by atoms with E-state index in [0.717, 1.165) is 33.5 Å². The Bertz CT molecular complexity index is 886. The normalized spacial score (nSPS) is 12.7. The van der Waals surface area contributed by atoms with Gasteiger partial charge in [-0.3, -0.25) is 14.6 Å². The van der Waals surface area contributed by atoms with Crippen LogP contribution < -0.4 is 5.32 Å². The molecule has 0 aliphatic heterocycles. The Kier molecular flexibility index (Phi) is 4.61. The van der Waals surface area contributed by atoms with E-state index in [1.54, 1.807) is 0 Å². The third kappa shape index (κ3) is 3.43. The number of fused-ring (bicyclic) bond motifs is 1. The Morgan fingerprint density at radius 1 is 1.28 bits per heavy atom. The fraction of sp³-hybridized carbons (Fsp3) is 0.421. The average Bonchev–Trinajstić information content (AvgIpc) is 3.10. The van der Waals surface area contributed by atoms with Gasteiger partial charge in [0.15, 0.2) is 0 Å². The van der Waals surface area contributed by atoms with Crippen LogP contribution in [0.4, 0.5) is 5.69 Å². The first kappa shape index (κ1) is 17.2. The summed E-state index contributed by atoms with van der Waals surface area (Å²) in [7, 11) is 0. The predicted octanol–water partition coefficient (Wildman–Crippen LogP) is 4.09. The fourth-order valence-corrected chi connectivity index (χ4v) is 3.40. The molecule has 0 saturated heterocycles. The highest BCUT2D eigenvalue weighted by Crippen LogP contribution is 2.26. The molecule has 1 amide bonds. The largest absolute Gasteiger partial charge is 0.326 e. The molecule has 6 heteroatoms. The van der Waals surface area contributed by atoms with E-state index in [9.17, 15) is 4.79 Å². The van der Waals surface area contributed by atoms with Gasteiger partial charge in [0.25, 0.3) is 0 Å². The minimum atomic E-state index is 0.00228. The lowest BCUT2D eigenvalue weighted by Gasteiger charge is -2.13. The SMILES string of the molecule is Cc1n[nH]c(C)c1[C@H](C)CC(=O)Nc1ccc2cnn(C(C)C)c2c1. The third-order valence-electron chi connectivity index (χ3n) is 4.54. The Morgan fingerprint density at radius 3 is 2.68 bits per heavy atom. The van der Waals surface area contributed by atoms with Crippen LogP contribution in [-0.2, 0) is 4.79 Å². The highest BCUT2D eigenvalue weighted by Gasteiger charge is 2.18. The maximum Gasteiger partial charge on any atom is 0.224 e. The van der Waals surface area contributed by atoms with Crippen molar-refractivity contribution >= 4 is 22.5 Å². The van der Waals surface area contributed by atoms with Gasteiger partial charge in [0.05, 0.1) is 17.4 Å². The van der Waals surface area contributed by atoms with E-state index in [1.165, 1.54) is 0 Å². The van der Waals surface area contributed by atoms with Crippen LogP contribution in [0.3, 0.4) is 0 Å². The molecule has 0 bridgehead atoms. The predicted molar refractivity (Wildman–Crippen MR) is 99.8 cm³/mol. The number of anilines is 1. The molecule has 0 radical (unpaired) electrons. The van der Waals surface area contributed by atoms with Crippen LogP contribution in [0, 0.1) is 13.8 Å². The Hall–Kier alpha value is -2.63. The number of rotatable bonds is 5. The Balaban J connectivity index is 1.74. The molecule has 0 fully saturated rings. The Labute approximate surface area is 147 Å². The molecule has 3 aromatic rings. The quantitative estimate of drug-likeness (QED) is 0.735. The van der Waals surface area contributed by atoms with Gasteiger partial charge in [-0.1, -0.05) is 6.92 Å². The van der Waals surface area contributed by atoms with Gasteiger partial charge in [0.2, 0.25) is 5.91 Å². The summed E-state index contributed by atoms with van der Waals surface area (Å²) in [5.41, 5.74) is 4.94. The van der Waals surface area contributed by atoms with Crippen LogP contribution in [0.25, 0.3) is 10.9 Å². The first-order valence-electron chi connectivity index (χ1n) is 8.65. The van der Waals surface area contributed by atoms with Gasteiger partial charge in [-0.05, 0) is 57.4 Å². The number of aryl methyl sites for hydroxylation is 2. The van der Waals surface area contributed by atoms with Crippen LogP contribution >= 0.6 is 0 Å². The van der Waals surface area contributed by atoms with Crippen molar-refractivity contribution in [2.24, 2.45) is 0 Å². The molecule has 2 aromatic heterocycles. The number of aromatic nitrogens is 4. The first-order chi connectivity index (χ1) is 11.9. The number of nitrogens with one attached hydrogen (secondary N) is 2. The van der Waals surface area contributed by atoms with E-state index in [0.29, 0.717) is 6.42 Å². The molecule has 2 heterocycles. The van der Waals surface area contributed by atoms with E-state index >= 15 is 0 Å². The average molecular weight is 339 g/mol. The van der Waals surface area contributed by atoms with Crippen LogP contribution in [0.1, 0.15) is 56.1 Å². The molecule has 0 aliphatic rings. The lowest BCUT2D eigenvalue weighted by molar-refractivity contribution is -0.116. The van der Waals surface area contributed by atoms with Crippen molar-refractivity contribution in [3.05, 3.63) is 41.3 Å². The van der Waals surface area contributed by atoms with Crippen LogP contribution in [0.5, 0.6) is 0 Å². The zero-order chi connectivity index (χ0) is 18.1. The number of amides is 1. The highest BCUT2D eigenvalue weighted by atomic mass is 16.1. The third-order valence-corrected chi connectivity index (χ3v) is 4.54. The molecule has 25 heavy (non-hydrogen) atoms. The summed E-state index contributed by atoms with van der Waals surface area (Å²) >= 11 is 0. The van der Waals surface area contributed by atoms with E-state index < -0.39 is 0 Å². The summed E-state index contributed by atoms with van der Waals surface area (Å²) in [6.07, 6.45) is 2.27. The number of aromatic amines is 1. The van der Waals surface area contributed by atoms with E-state index in [-0.39, 0.29) is 17.9 Å². The minimum Gasteiger partial charge on any atom is -0.326 e. The lowest BCUT2D eigenvalue weighted by atomic mass is 9.95. The summed E-state index contributed by atoms with van der Waals surface area (Å²) in [6.45, 7) is 10.2. The number of carbonyl (C=O) groups is 1. The van der Waals surface area contributed by atoms with Crippen LogP contribution in [-0.4, -0.2) is 25.9 Å². The summed E-state index contributed by atoms with van der Waals surface area (Å²) in [4.78, 5) is 12.5. The summed E-state index contributed by atoms with van der Waals surface area (Å²) in [5.74, 6) is 0.117. The van der Waals surface area contributed by atoms with Crippen molar-refractivity contribution in [2.45, 2.75) is 53.0 Å². The molecule has 1 aromatic carbocycles. The van der Waals surface area contributed by atoms with Crippen LogP contribution in [0.2, 0.25) is 0 Å². The fourth-order valence-electron chi connectivity index (χ4n) is 3.40. The van der Waals surface area contributed by atoms with Gasteiger partial charge in [-0.2, -0.15) is 10.2 Å². The van der Waals surface area contributed by atoms with Gasteiger partial charge in [-0.25, -0.2) is 0 Å². The second-order valence-electron chi connectivity index (χ2n) is 6.96. The van der Waals surface area contributed by atoms with E-state index in [2.05, 4.69) is 41.4 Å². The van der Waals surface area contributed by atoms with Crippen LogP contribution in [0.15, 0.2) is 24.4 Å². The van der Waals surface area contributed by atoms with Crippen molar-refractivity contribution in [3.63, 3.8) is 0 Å². The smallest absolute Gasteiger partial charge is 0.224 e. The Morgan fingerprint density at radius 2 is 2.04 bits per heavy atom. The lowest BCUT2D eigenvalue weighted by Crippen LogP contribution is -2.15. The number of carbonyl (C=O) groups excluding carboxylic acids is 1. The number of hydrogen-bond acceptors (Lipinski definition) is 3.